The number of pyridine rings is 1. The van der Waals surface area contributed by atoms with Crippen LogP contribution in [-0.4, -0.2) is 4.98 Å². The van der Waals surface area contributed by atoms with Crippen molar-refractivity contribution < 1.29 is 0 Å². The summed E-state index contributed by atoms with van der Waals surface area (Å²) in [6.45, 7) is 0. The average Bonchev–Trinajstić information content (AvgIpc) is 2.54. The molecule has 4 aromatic rings. The predicted molar refractivity (Wildman–Crippen MR) is 108 cm³/mol. The van der Waals surface area contributed by atoms with E-state index in [-0.39, 0.29) is 0 Å². The van der Waals surface area contributed by atoms with Gasteiger partial charge >= 0.3 is 0 Å². The summed E-state index contributed by atoms with van der Waals surface area (Å²) in [5.74, 6) is 0. The Morgan fingerprint density at radius 2 is 1.17 bits per heavy atom. The van der Waals surface area contributed by atoms with Crippen LogP contribution in [0.1, 0.15) is 0 Å². The summed E-state index contributed by atoms with van der Waals surface area (Å²) in [7, 11) is 0. The molecule has 0 saturated heterocycles. The topological polar surface area (TPSA) is 12.9 Å². The third-order valence-corrected chi connectivity index (χ3v) is 5.35. The Hall–Kier alpha value is -1.23. The summed E-state index contributed by atoms with van der Waals surface area (Å²) in [6.07, 6.45) is 0. The molecule has 0 bridgehead atoms. The first-order valence-corrected chi connectivity index (χ1v) is 9.44. The van der Waals surface area contributed by atoms with Crippen molar-refractivity contribution in [1.29, 1.82) is 0 Å². The molecule has 1 nitrogen and oxygen atoms in total. The normalized spacial score (nSPS) is 11.3. The number of aromatic nitrogens is 1. The number of halogens is 3. The van der Waals surface area contributed by atoms with Gasteiger partial charge in [0.25, 0.3) is 0 Å². The Labute approximate surface area is 159 Å². The summed E-state index contributed by atoms with van der Waals surface area (Å²) in [4.78, 5) is 4.94. The molecular formula is C19H10Br3N. The van der Waals surface area contributed by atoms with Crippen LogP contribution in [-0.2, 0) is 0 Å². The highest BCUT2D eigenvalue weighted by molar-refractivity contribution is 9.11. The second-order valence-corrected chi connectivity index (χ2v) is 8.07. The van der Waals surface area contributed by atoms with E-state index in [0.29, 0.717) is 0 Å². The van der Waals surface area contributed by atoms with E-state index in [9.17, 15) is 0 Å². The molecule has 112 valence electrons. The fourth-order valence-corrected chi connectivity index (χ4v) is 3.76. The zero-order valence-corrected chi connectivity index (χ0v) is 16.6. The highest BCUT2D eigenvalue weighted by Crippen LogP contribution is 2.35. The van der Waals surface area contributed by atoms with Crippen molar-refractivity contribution in [3.8, 4) is 11.3 Å². The summed E-state index contributed by atoms with van der Waals surface area (Å²) in [6, 6.07) is 20.9. The number of rotatable bonds is 1. The Morgan fingerprint density at radius 1 is 0.565 bits per heavy atom. The van der Waals surface area contributed by atoms with Crippen molar-refractivity contribution in [2.24, 2.45) is 0 Å². The van der Waals surface area contributed by atoms with Crippen LogP contribution in [0, 0.1) is 0 Å². The smallest absolute Gasteiger partial charge is 0.0788 e. The van der Waals surface area contributed by atoms with Crippen LogP contribution in [0.25, 0.3) is 32.9 Å². The monoisotopic (exact) mass is 489 g/mol. The van der Waals surface area contributed by atoms with E-state index in [4.69, 9.17) is 4.98 Å². The van der Waals surface area contributed by atoms with Gasteiger partial charge in [-0.2, -0.15) is 0 Å². The number of nitrogens with zero attached hydrogens (tertiary/aromatic N) is 1. The van der Waals surface area contributed by atoms with Gasteiger partial charge in [0.15, 0.2) is 0 Å². The van der Waals surface area contributed by atoms with Gasteiger partial charge in [-0.05, 0) is 41.8 Å². The first-order valence-electron chi connectivity index (χ1n) is 7.06. The minimum absolute atomic E-state index is 0.993. The van der Waals surface area contributed by atoms with Gasteiger partial charge in [-0.25, -0.2) is 4.98 Å². The lowest BCUT2D eigenvalue weighted by atomic mass is 10.0. The molecule has 0 radical (unpaired) electrons. The number of benzene rings is 3. The molecule has 0 atom stereocenters. The molecule has 23 heavy (non-hydrogen) atoms. The zero-order valence-electron chi connectivity index (χ0n) is 11.9. The van der Waals surface area contributed by atoms with Crippen molar-refractivity contribution in [2.45, 2.75) is 0 Å². The van der Waals surface area contributed by atoms with Crippen LogP contribution in [0.5, 0.6) is 0 Å². The second-order valence-electron chi connectivity index (χ2n) is 5.32. The van der Waals surface area contributed by atoms with Crippen LogP contribution < -0.4 is 0 Å². The van der Waals surface area contributed by atoms with Crippen molar-refractivity contribution >= 4 is 69.5 Å². The largest absolute Gasteiger partial charge is 0.247 e. The molecule has 3 aromatic carbocycles. The van der Waals surface area contributed by atoms with Gasteiger partial charge in [0, 0.05) is 29.8 Å². The van der Waals surface area contributed by atoms with Crippen molar-refractivity contribution in [3.63, 3.8) is 0 Å². The molecule has 4 heteroatoms. The summed E-state index contributed by atoms with van der Waals surface area (Å²) < 4.78 is 3.16. The maximum atomic E-state index is 4.94. The number of hydrogen-bond donors (Lipinski definition) is 0. The Bertz CT molecular complexity index is 1040. The standard InChI is InChI=1S/C19H10Br3N/c20-12-3-1-11(2-4-12)19-17-9-13(21)5-7-15(17)16-8-6-14(22)10-18(16)23-19/h1-10H. The molecule has 0 N–H and O–H groups in total. The molecule has 0 saturated carbocycles. The van der Waals surface area contributed by atoms with Gasteiger partial charge < -0.3 is 0 Å². The van der Waals surface area contributed by atoms with E-state index in [1.165, 1.54) is 5.39 Å². The predicted octanol–water partition coefficient (Wildman–Crippen LogP) is 7.34. The van der Waals surface area contributed by atoms with Gasteiger partial charge in [0.1, 0.15) is 0 Å². The number of hydrogen-bond acceptors (Lipinski definition) is 1. The molecule has 0 unspecified atom stereocenters. The molecule has 1 heterocycles. The molecule has 0 amide bonds. The van der Waals surface area contributed by atoms with Gasteiger partial charge in [-0.1, -0.05) is 72.1 Å². The maximum Gasteiger partial charge on any atom is 0.0788 e. The quantitative estimate of drug-likeness (QED) is 0.254. The van der Waals surface area contributed by atoms with E-state index >= 15 is 0 Å². The van der Waals surface area contributed by atoms with Crippen molar-refractivity contribution in [1.82, 2.24) is 4.98 Å². The van der Waals surface area contributed by atoms with Crippen molar-refractivity contribution in [3.05, 3.63) is 74.1 Å². The minimum atomic E-state index is 0.993. The lowest BCUT2D eigenvalue weighted by Crippen LogP contribution is -1.90. The second kappa shape index (κ2) is 6.00. The van der Waals surface area contributed by atoms with Crippen molar-refractivity contribution in [2.75, 3.05) is 0 Å². The van der Waals surface area contributed by atoms with E-state index in [1.807, 2.05) is 12.1 Å². The van der Waals surface area contributed by atoms with Crippen LogP contribution >= 0.6 is 47.8 Å². The first-order chi connectivity index (χ1) is 11.1. The average molecular weight is 492 g/mol. The SMILES string of the molecule is Brc1ccc(-c2nc3cc(Br)ccc3c3ccc(Br)cc23)cc1. The summed E-state index contributed by atoms with van der Waals surface area (Å²) >= 11 is 10.6. The molecule has 4 rings (SSSR count). The maximum absolute atomic E-state index is 4.94. The fourth-order valence-electron chi connectivity index (χ4n) is 2.78. The van der Waals surface area contributed by atoms with E-state index in [1.54, 1.807) is 0 Å². The summed E-state index contributed by atoms with van der Waals surface area (Å²) in [5, 5.41) is 3.52. The summed E-state index contributed by atoms with van der Waals surface area (Å²) in [5.41, 5.74) is 3.10. The van der Waals surface area contributed by atoms with E-state index in [2.05, 4.69) is 96.3 Å². The van der Waals surface area contributed by atoms with Crippen LogP contribution in [0.4, 0.5) is 0 Å². The Morgan fingerprint density at radius 3 is 1.91 bits per heavy atom. The Kier molecular flexibility index (Phi) is 4.00. The number of fused-ring (bicyclic) bond motifs is 3. The molecule has 0 spiro atoms. The lowest BCUT2D eigenvalue weighted by Gasteiger charge is -2.11. The molecule has 0 aliphatic heterocycles. The van der Waals surface area contributed by atoms with E-state index < -0.39 is 0 Å². The zero-order chi connectivity index (χ0) is 16.0. The van der Waals surface area contributed by atoms with Gasteiger partial charge in [-0.15, -0.1) is 0 Å². The first kappa shape index (κ1) is 15.3. The van der Waals surface area contributed by atoms with Crippen LogP contribution in [0.15, 0.2) is 74.1 Å². The van der Waals surface area contributed by atoms with Gasteiger partial charge in [0.2, 0.25) is 0 Å². The molecular weight excluding hydrogens is 482 g/mol. The van der Waals surface area contributed by atoms with Crippen LogP contribution in [0.3, 0.4) is 0 Å². The minimum Gasteiger partial charge on any atom is -0.247 e. The third-order valence-electron chi connectivity index (χ3n) is 3.84. The third kappa shape index (κ3) is 2.84. The lowest BCUT2D eigenvalue weighted by molar-refractivity contribution is 1.42. The van der Waals surface area contributed by atoms with E-state index in [0.717, 1.165) is 41.0 Å². The van der Waals surface area contributed by atoms with Gasteiger partial charge in [0.05, 0.1) is 11.2 Å². The Balaban J connectivity index is 2.15. The highest BCUT2D eigenvalue weighted by Gasteiger charge is 2.11. The highest BCUT2D eigenvalue weighted by atomic mass is 79.9. The molecule has 0 aliphatic rings. The molecule has 0 aliphatic carbocycles. The fraction of sp³-hybridized carbons (Fsp3) is 0. The van der Waals surface area contributed by atoms with Gasteiger partial charge in [-0.3, -0.25) is 0 Å². The van der Waals surface area contributed by atoms with Crippen LogP contribution in [0.2, 0.25) is 0 Å². The molecule has 0 fully saturated rings. The molecule has 1 aromatic heterocycles.